The molecule has 2 rings (SSSR count). The van der Waals surface area contributed by atoms with Crippen LogP contribution in [0.25, 0.3) is 10.9 Å². The molecule has 0 aliphatic heterocycles. The molecule has 120 valence electrons. The summed E-state index contributed by atoms with van der Waals surface area (Å²) in [4.78, 5) is 16.8. The zero-order valence-corrected chi connectivity index (χ0v) is 14.1. The van der Waals surface area contributed by atoms with Gasteiger partial charge in [-0.15, -0.1) is 0 Å². The van der Waals surface area contributed by atoms with E-state index in [4.69, 9.17) is 0 Å². The Kier molecular flexibility index (Phi) is 5.61. The molecule has 22 heavy (non-hydrogen) atoms. The van der Waals surface area contributed by atoms with Crippen LogP contribution in [-0.2, 0) is 17.6 Å². The summed E-state index contributed by atoms with van der Waals surface area (Å²) in [5, 5.41) is 4.32. The topological polar surface area (TPSA) is 48.1 Å². The van der Waals surface area contributed by atoms with Crippen LogP contribution in [0.5, 0.6) is 0 Å². The second-order valence-corrected chi connectivity index (χ2v) is 6.26. The normalized spacial score (nSPS) is 12.8. The molecule has 1 aromatic heterocycles. The summed E-state index contributed by atoms with van der Waals surface area (Å²) in [7, 11) is 4.19. The summed E-state index contributed by atoms with van der Waals surface area (Å²) in [6, 6.07) is 6.77. The second-order valence-electron chi connectivity index (χ2n) is 6.26. The van der Waals surface area contributed by atoms with Crippen LogP contribution in [0.4, 0.5) is 0 Å². The number of benzene rings is 1. The highest BCUT2D eigenvalue weighted by molar-refractivity contribution is 5.84. The third-order valence-corrected chi connectivity index (χ3v) is 4.04. The summed E-state index contributed by atoms with van der Waals surface area (Å²) >= 11 is 0. The predicted octanol–water partition coefficient (Wildman–Crippen LogP) is 2.73. The number of nitrogens with zero attached hydrogens (tertiary/aromatic N) is 1. The molecular formula is C18H27N3O. The molecule has 0 unspecified atom stereocenters. The van der Waals surface area contributed by atoms with E-state index in [1.165, 1.54) is 22.0 Å². The molecule has 1 heterocycles. The van der Waals surface area contributed by atoms with E-state index in [2.05, 4.69) is 60.6 Å². The zero-order chi connectivity index (χ0) is 16.1. The Morgan fingerprint density at radius 3 is 2.77 bits per heavy atom. The maximum absolute atomic E-state index is 11.3. The van der Waals surface area contributed by atoms with Gasteiger partial charge in [-0.3, -0.25) is 4.79 Å². The highest BCUT2D eigenvalue weighted by Crippen LogP contribution is 2.21. The number of H-pyrrole nitrogens is 1. The Balaban J connectivity index is 2.17. The highest BCUT2D eigenvalue weighted by Gasteiger charge is 2.10. The van der Waals surface area contributed by atoms with Crippen molar-refractivity contribution in [3.05, 3.63) is 35.5 Å². The van der Waals surface area contributed by atoms with Gasteiger partial charge in [0.2, 0.25) is 5.91 Å². The maximum atomic E-state index is 11.3. The number of fused-ring (bicyclic) bond motifs is 1. The fraction of sp³-hybridized carbons (Fsp3) is 0.500. The van der Waals surface area contributed by atoms with Crippen LogP contribution < -0.4 is 5.32 Å². The lowest BCUT2D eigenvalue weighted by atomic mass is 10.0. The van der Waals surface area contributed by atoms with E-state index >= 15 is 0 Å². The fourth-order valence-corrected chi connectivity index (χ4v) is 2.77. The molecule has 2 aromatic rings. The van der Waals surface area contributed by atoms with Gasteiger partial charge in [-0.25, -0.2) is 0 Å². The summed E-state index contributed by atoms with van der Waals surface area (Å²) < 4.78 is 0. The van der Waals surface area contributed by atoms with Gasteiger partial charge in [0.25, 0.3) is 0 Å². The van der Waals surface area contributed by atoms with Crippen molar-refractivity contribution in [2.45, 2.75) is 39.2 Å². The van der Waals surface area contributed by atoms with Gasteiger partial charge in [-0.2, -0.15) is 0 Å². The Morgan fingerprint density at radius 2 is 2.14 bits per heavy atom. The monoisotopic (exact) mass is 301 g/mol. The van der Waals surface area contributed by atoms with Gasteiger partial charge in [0.15, 0.2) is 0 Å². The van der Waals surface area contributed by atoms with Gasteiger partial charge in [0, 0.05) is 36.6 Å². The molecule has 0 fully saturated rings. The lowest BCUT2D eigenvalue weighted by Gasteiger charge is -2.16. The first kappa shape index (κ1) is 16.6. The summed E-state index contributed by atoms with van der Waals surface area (Å²) in [5.41, 5.74) is 3.82. The molecule has 1 aromatic carbocycles. The number of aromatic amines is 1. The third kappa shape index (κ3) is 4.34. The van der Waals surface area contributed by atoms with Crippen LogP contribution in [0.15, 0.2) is 24.4 Å². The number of carbonyl (C=O) groups is 1. The number of amides is 1. The van der Waals surface area contributed by atoms with Crippen LogP contribution in [0.2, 0.25) is 0 Å². The fourth-order valence-electron chi connectivity index (χ4n) is 2.77. The minimum Gasteiger partial charge on any atom is -0.361 e. The van der Waals surface area contributed by atoms with Crippen LogP contribution in [-0.4, -0.2) is 42.5 Å². The van der Waals surface area contributed by atoms with E-state index in [1.807, 2.05) is 0 Å². The smallest absolute Gasteiger partial charge is 0.217 e. The van der Waals surface area contributed by atoms with Crippen molar-refractivity contribution >= 4 is 16.8 Å². The molecule has 0 aliphatic carbocycles. The molecule has 1 amide bonds. The van der Waals surface area contributed by atoms with Crippen molar-refractivity contribution in [1.29, 1.82) is 0 Å². The van der Waals surface area contributed by atoms with Gasteiger partial charge in [0.05, 0.1) is 0 Å². The molecule has 0 radical (unpaired) electrons. The van der Waals surface area contributed by atoms with Gasteiger partial charge < -0.3 is 15.2 Å². The van der Waals surface area contributed by atoms with Gasteiger partial charge in [-0.05, 0) is 56.6 Å². The van der Waals surface area contributed by atoms with E-state index in [0.717, 1.165) is 25.8 Å². The van der Waals surface area contributed by atoms with Crippen LogP contribution in [0.3, 0.4) is 0 Å². The van der Waals surface area contributed by atoms with Crippen molar-refractivity contribution in [3.8, 4) is 0 Å². The first-order chi connectivity index (χ1) is 10.5. The summed E-state index contributed by atoms with van der Waals surface area (Å²) in [6.45, 7) is 4.73. The molecule has 0 bridgehead atoms. The number of rotatable bonds is 7. The number of hydrogen-bond donors (Lipinski definition) is 2. The minimum atomic E-state index is 0.0428. The minimum absolute atomic E-state index is 0.0428. The second kappa shape index (κ2) is 7.45. The molecule has 0 spiro atoms. The van der Waals surface area contributed by atoms with Crippen LogP contribution in [0, 0.1) is 0 Å². The van der Waals surface area contributed by atoms with Crippen molar-refractivity contribution in [3.63, 3.8) is 0 Å². The van der Waals surface area contributed by atoms with Crippen molar-refractivity contribution in [2.24, 2.45) is 0 Å². The van der Waals surface area contributed by atoms with E-state index in [9.17, 15) is 4.79 Å². The van der Waals surface area contributed by atoms with Crippen LogP contribution >= 0.6 is 0 Å². The largest absolute Gasteiger partial charge is 0.361 e. The highest BCUT2D eigenvalue weighted by atomic mass is 16.1. The first-order valence-corrected chi connectivity index (χ1v) is 8.00. The lowest BCUT2D eigenvalue weighted by molar-refractivity contribution is -0.119. The third-order valence-electron chi connectivity index (χ3n) is 4.04. The Morgan fingerprint density at radius 1 is 1.36 bits per heavy atom. The van der Waals surface area contributed by atoms with E-state index in [0.29, 0.717) is 0 Å². The quantitative estimate of drug-likeness (QED) is 0.826. The summed E-state index contributed by atoms with van der Waals surface area (Å²) in [6.07, 6.45) is 4.98. The number of likely N-dealkylation sites (N-methyl/N-ethyl adjacent to an activating group) is 1. The van der Waals surface area contributed by atoms with E-state index < -0.39 is 0 Å². The average Bonchev–Trinajstić information content (AvgIpc) is 2.86. The molecule has 0 saturated carbocycles. The molecule has 1 atom stereocenters. The Bertz CT molecular complexity index is 630. The number of aromatic nitrogens is 1. The van der Waals surface area contributed by atoms with Gasteiger partial charge in [0.1, 0.15) is 0 Å². The summed E-state index contributed by atoms with van der Waals surface area (Å²) in [5.74, 6) is 0.0428. The predicted molar refractivity (Wildman–Crippen MR) is 92.2 cm³/mol. The van der Waals surface area contributed by atoms with Crippen molar-refractivity contribution < 1.29 is 4.79 Å². The number of carbonyl (C=O) groups excluding carboxylic acids is 1. The molecule has 4 heteroatoms. The maximum Gasteiger partial charge on any atom is 0.217 e. The molecule has 2 N–H and O–H groups in total. The molecule has 4 nitrogen and oxygen atoms in total. The number of nitrogens with one attached hydrogen (secondary N) is 2. The van der Waals surface area contributed by atoms with Crippen LogP contribution in [0.1, 0.15) is 31.4 Å². The number of hydrogen-bond acceptors (Lipinski definition) is 2. The SMILES string of the molecule is CC[C@H](Cc1ccc2[nH]cc(CCN(C)C)c2c1)NC(C)=O. The van der Waals surface area contributed by atoms with Crippen molar-refractivity contribution in [2.75, 3.05) is 20.6 Å². The average molecular weight is 301 g/mol. The van der Waals surface area contributed by atoms with Gasteiger partial charge in [-0.1, -0.05) is 13.0 Å². The molecule has 0 aliphatic rings. The lowest BCUT2D eigenvalue weighted by Crippen LogP contribution is -2.34. The Hall–Kier alpha value is -1.81. The van der Waals surface area contributed by atoms with Gasteiger partial charge >= 0.3 is 0 Å². The Labute approximate surface area is 132 Å². The molecular weight excluding hydrogens is 274 g/mol. The standard InChI is InChI=1S/C18H27N3O/c1-5-16(20-13(2)22)10-14-6-7-18-17(11-14)15(12-19-18)8-9-21(3)4/h6-7,11-12,16,19H,5,8-10H2,1-4H3,(H,20,22)/t16-/m1/s1. The van der Waals surface area contributed by atoms with Crippen molar-refractivity contribution in [1.82, 2.24) is 15.2 Å². The zero-order valence-electron chi connectivity index (χ0n) is 14.1. The molecule has 0 saturated heterocycles. The van der Waals surface area contributed by atoms with E-state index in [1.54, 1.807) is 6.92 Å². The first-order valence-electron chi connectivity index (χ1n) is 8.00. The van der Waals surface area contributed by atoms with E-state index in [-0.39, 0.29) is 11.9 Å².